The molecule has 5 rings (SSSR count). The first-order valence-electron chi connectivity index (χ1n) is 14.8. The van der Waals surface area contributed by atoms with E-state index in [1.54, 1.807) is 43.6 Å². The lowest BCUT2D eigenvalue weighted by Crippen LogP contribution is -2.43. The number of pyridine rings is 1. The van der Waals surface area contributed by atoms with E-state index in [4.69, 9.17) is 14.3 Å². The van der Waals surface area contributed by atoms with Crippen LogP contribution in [-0.4, -0.2) is 70.8 Å². The van der Waals surface area contributed by atoms with Crippen molar-refractivity contribution in [2.45, 2.75) is 81.6 Å². The molecule has 1 amide bonds. The van der Waals surface area contributed by atoms with Gasteiger partial charge in [-0.2, -0.15) is 13.2 Å². The molecule has 2 N–H and O–H groups in total. The number of nitrogens with zero attached hydrogens (tertiary/aromatic N) is 3. The number of benzene rings is 1. The van der Waals surface area contributed by atoms with Gasteiger partial charge in [0.2, 0.25) is 5.89 Å². The van der Waals surface area contributed by atoms with Crippen molar-refractivity contribution in [2.24, 2.45) is 0 Å². The molecule has 2 fully saturated rings. The highest BCUT2D eigenvalue weighted by atomic mass is 32.2. The average Bonchev–Trinajstić information content (AvgIpc) is 3.39. The number of piperidine rings is 1. The van der Waals surface area contributed by atoms with Crippen LogP contribution in [0.1, 0.15) is 72.3 Å². The summed E-state index contributed by atoms with van der Waals surface area (Å²) in [4.78, 5) is 32.6. The van der Waals surface area contributed by atoms with Crippen LogP contribution in [0.15, 0.2) is 53.2 Å². The second kappa shape index (κ2) is 15.0. The number of amides is 1. The lowest BCUT2D eigenvalue weighted by Gasteiger charge is -2.38. The summed E-state index contributed by atoms with van der Waals surface area (Å²) in [5.41, 5.74) is 2.60. The smallest absolute Gasteiger partial charge is 0.475 e. The Morgan fingerprint density at radius 1 is 1.04 bits per heavy atom. The van der Waals surface area contributed by atoms with Crippen molar-refractivity contribution in [3.8, 4) is 11.5 Å². The number of aryl methyl sites for hydroxylation is 1. The van der Waals surface area contributed by atoms with Crippen LogP contribution in [-0.2, 0) is 26.9 Å². The molecule has 1 aliphatic carbocycles. The molecule has 1 saturated heterocycles. The van der Waals surface area contributed by atoms with Gasteiger partial charge in [0.15, 0.2) is 9.84 Å². The molecule has 1 aromatic carbocycles. The topological polar surface area (TPSA) is 143 Å². The standard InChI is InChI=1S/C29H36N4O4S.C2HF3O2/c1-21-27(20-38(35,36)26-13-11-25(12-14-26)33-16-3-2-4-17-33)32-29(37-21)24-9-7-23(8-10-24)28(34)31-19-22-6-5-15-30-18-22;3-2(4,5)1(6)7/h5-10,15,18,25-26H,2-4,11-14,16-17,19-20H2,1H3,(H,31,34);(H,6,7). The third kappa shape index (κ3) is 9.60. The van der Waals surface area contributed by atoms with Gasteiger partial charge in [0.25, 0.3) is 5.91 Å². The minimum atomic E-state index is -5.08. The van der Waals surface area contributed by atoms with Gasteiger partial charge < -0.3 is 19.7 Å². The predicted molar refractivity (Wildman–Crippen MR) is 160 cm³/mol. The number of carbonyl (C=O) groups excluding carboxylic acids is 1. The van der Waals surface area contributed by atoms with E-state index in [-0.39, 0.29) is 16.9 Å². The van der Waals surface area contributed by atoms with E-state index in [0.29, 0.717) is 41.1 Å². The number of aliphatic carboxylic acids is 1. The zero-order valence-corrected chi connectivity index (χ0v) is 25.7. The monoisotopic (exact) mass is 650 g/mol. The van der Waals surface area contributed by atoms with Crippen molar-refractivity contribution in [1.82, 2.24) is 20.2 Å². The molecule has 14 heteroatoms. The summed E-state index contributed by atoms with van der Waals surface area (Å²) in [6.07, 6.45) is 5.50. The largest absolute Gasteiger partial charge is 0.490 e. The number of sulfone groups is 1. The Kier molecular flexibility index (Phi) is 11.4. The Labute approximate surface area is 260 Å². The molecule has 2 aromatic heterocycles. The maximum atomic E-state index is 13.3. The summed E-state index contributed by atoms with van der Waals surface area (Å²) in [6.45, 7) is 4.46. The van der Waals surface area contributed by atoms with Crippen LogP contribution in [0.2, 0.25) is 0 Å². The predicted octanol–water partition coefficient (Wildman–Crippen LogP) is 5.32. The molecule has 10 nitrogen and oxygen atoms in total. The first-order chi connectivity index (χ1) is 21.3. The summed E-state index contributed by atoms with van der Waals surface area (Å²) in [5.74, 6) is -2.16. The minimum absolute atomic E-state index is 0.101. The fraction of sp³-hybridized carbons (Fsp3) is 0.484. The summed E-state index contributed by atoms with van der Waals surface area (Å²) in [5, 5.41) is 9.69. The van der Waals surface area contributed by atoms with Crippen LogP contribution in [0.25, 0.3) is 11.5 Å². The van der Waals surface area contributed by atoms with Gasteiger partial charge in [-0.25, -0.2) is 18.2 Å². The molecule has 0 unspecified atom stereocenters. The van der Waals surface area contributed by atoms with E-state index in [9.17, 15) is 26.4 Å². The highest BCUT2D eigenvalue weighted by Gasteiger charge is 2.38. The van der Waals surface area contributed by atoms with E-state index in [1.165, 1.54) is 19.3 Å². The van der Waals surface area contributed by atoms with Crippen molar-refractivity contribution in [3.63, 3.8) is 0 Å². The Balaban J connectivity index is 0.000000591. The Bertz CT molecular complexity index is 1530. The summed E-state index contributed by atoms with van der Waals surface area (Å²) < 4.78 is 64.1. The van der Waals surface area contributed by atoms with Crippen LogP contribution in [0, 0.1) is 6.92 Å². The number of nitrogens with one attached hydrogen (secondary N) is 1. The first-order valence-corrected chi connectivity index (χ1v) is 16.5. The van der Waals surface area contributed by atoms with E-state index in [2.05, 4.69) is 20.2 Å². The average molecular weight is 651 g/mol. The van der Waals surface area contributed by atoms with Gasteiger partial charge >= 0.3 is 12.1 Å². The van der Waals surface area contributed by atoms with Crippen LogP contribution in [0.3, 0.4) is 0 Å². The van der Waals surface area contributed by atoms with E-state index < -0.39 is 22.0 Å². The number of hydrogen-bond donors (Lipinski definition) is 2. The molecule has 0 bridgehead atoms. The molecule has 1 saturated carbocycles. The molecule has 0 spiro atoms. The molecular weight excluding hydrogens is 613 g/mol. The van der Waals surface area contributed by atoms with Gasteiger partial charge in [0.05, 0.1) is 16.7 Å². The second-order valence-electron chi connectivity index (χ2n) is 11.3. The van der Waals surface area contributed by atoms with Gasteiger partial charge in [0, 0.05) is 36.1 Å². The summed E-state index contributed by atoms with van der Waals surface area (Å²) >= 11 is 0. The zero-order valence-electron chi connectivity index (χ0n) is 24.9. The SMILES string of the molecule is Cc1oc(-c2ccc(C(=O)NCc3cccnc3)cc2)nc1CS(=O)(=O)C1CCC(N2CCCCC2)CC1.O=C(O)C(F)(F)F. The maximum absolute atomic E-state index is 13.3. The van der Waals surface area contributed by atoms with Crippen LogP contribution >= 0.6 is 0 Å². The molecule has 0 radical (unpaired) electrons. The second-order valence-corrected chi connectivity index (χ2v) is 13.6. The van der Waals surface area contributed by atoms with Crippen molar-refractivity contribution in [3.05, 3.63) is 71.4 Å². The normalized spacial score (nSPS) is 19.3. The molecular formula is C31H37F3N4O6S. The molecule has 3 heterocycles. The van der Waals surface area contributed by atoms with E-state index in [1.807, 2.05) is 12.1 Å². The van der Waals surface area contributed by atoms with Gasteiger partial charge in [-0.05, 0) is 94.4 Å². The number of carboxylic acids is 1. The number of carbonyl (C=O) groups is 2. The molecule has 1 aliphatic heterocycles. The molecule has 244 valence electrons. The number of rotatable bonds is 8. The van der Waals surface area contributed by atoms with Gasteiger partial charge in [-0.3, -0.25) is 9.78 Å². The number of oxazole rings is 1. The quantitative estimate of drug-likeness (QED) is 0.331. The molecule has 0 atom stereocenters. The number of likely N-dealkylation sites (tertiary alicyclic amines) is 1. The van der Waals surface area contributed by atoms with Crippen molar-refractivity contribution in [1.29, 1.82) is 0 Å². The van der Waals surface area contributed by atoms with Crippen LogP contribution in [0.4, 0.5) is 13.2 Å². The van der Waals surface area contributed by atoms with Gasteiger partial charge in [-0.1, -0.05) is 12.5 Å². The first kappa shape index (κ1) is 34.1. The number of alkyl halides is 3. The number of halogens is 3. The van der Waals surface area contributed by atoms with Crippen molar-refractivity contribution >= 4 is 21.7 Å². The molecule has 45 heavy (non-hydrogen) atoms. The van der Waals surface area contributed by atoms with E-state index >= 15 is 0 Å². The number of aromatic nitrogens is 2. The third-order valence-electron chi connectivity index (χ3n) is 8.10. The molecule has 2 aliphatic rings. The van der Waals surface area contributed by atoms with Crippen LogP contribution in [0.5, 0.6) is 0 Å². The Hall–Kier alpha value is -3.78. The molecule has 3 aromatic rings. The van der Waals surface area contributed by atoms with Crippen LogP contribution < -0.4 is 5.32 Å². The lowest BCUT2D eigenvalue weighted by molar-refractivity contribution is -0.192. The summed E-state index contributed by atoms with van der Waals surface area (Å²) in [7, 11) is -3.33. The number of carboxylic acid groups (broad SMARTS) is 1. The minimum Gasteiger partial charge on any atom is -0.475 e. The fourth-order valence-electron chi connectivity index (χ4n) is 5.60. The highest BCUT2D eigenvalue weighted by Crippen LogP contribution is 2.32. The Morgan fingerprint density at radius 2 is 1.69 bits per heavy atom. The van der Waals surface area contributed by atoms with Gasteiger partial charge in [-0.15, -0.1) is 0 Å². The summed E-state index contributed by atoms with van der Waals surface area (Å²) in [6, 6.07) is 11.2. The Morgan fingerprint density at radius 3 is 2.27 bits per heavy atom. The third-order valence-corrected chi connectivity index (χ3v) is 10.3. The number of hydrogen-bond acceptors (Lipinski definition) is 8. The lowest BCUT2D eigenvalue weighted by atomic mass is 9.92. The van der Waals surface area contributed by atoms with E-state index in [0.717, 1.165) is 44.3 Å². The van der Waals surface area contributed by atoms with Gasteiger partial charge in [0.1, 0.15) is 5.76 Å². The van der Waals surface area contributed by atoms with Crippen molar-refractivity contribution in [2.75, 3.05) is 13.1 Å². The van der Waals surface area contributed by atoms with Crippen molar-refractivity contribution < 1.29 is 40.7 Å². The fourth-order valence-corrected chi connectivity index (χ4v) is 7.47. The zero-order chi connectivity index (χ0) is 32.6. The highest BCUT2D eigenvalue weighted by molar-refractivity contribution is 7.91. The maximum Gasteiger partial charge on any atom is 0.490 e.